The van der Waals surface area contributed by atoms with Gasteiger partial charge in [0.2, 0.25) is 0 Å². The van der Waals surface area contributed by atoms with Gasteiger partial charge in [-0.15, -0.1) is 0 Å². The number of carbonyl (C=O) groups is 1. The number of furan rings is 1. The number of amides is 1. The molecule has 1 aliphatic heterocycles. The molecule has 34 heavy (non-hydrogen) atoms. The van der Waals surface area contributed by atoms with E-state index in [1.54, 1.807) is 17.0 Å². The second-order valence-corrected chi connectivity index (χ2v) is 8.58. The monoisotopic (exact) mass is 488 g/mol. The zero-order chi connectivity index (χ0) is 24.0. The van der Waals surface area contributed by atoms with Crippen LogP contribution in [0.25, 0.3) is 17.0 Å². The van der Waals surface area contributed by atoms with Gasteiger partial charge in [-0.1, -0.05) is 41.9 Å². The maximum atomic E-state index is 13.9. The first-order valence-corrected chi connectivity index (χ1v) is 11.0. The van der Waals surface area contributed by atoms with Crippen LogP contribution < -0.4 is 0 Å². The van der Waals surface area contributed by atoms with Gasteiger partial charge in [0.15, 0.2) is 11.3 Å². The van der Waals surface area contributed by atoms with Crippen molar-refractivity contribution in [3.8, 4) is 11.3 Å². The molecule has 0 N–H and O–H groups in total. The SMILES string of the molecule is CN1CCN(C(=O)c2nc3c(C(F)(F)F)cc(-c4ccco4)cn3c2Cl)CC1c1ccccc1. The van der Waals surface area contributed by atoms with E-state index >= 15 is 0 Å². The van der Waals surface area contributed by atoms with Crippen molar-refractivity contribution in [1.29, 1.82) is 0 Å². The van der Waals surface area contributed by atoms with E-state index in [0.717, 1.165) is 16.0 Å². The van der Waals surface area contributed by atoms with Crippen molar-refractivity contribution in [2.45, 2.75) is 12.2 Å². The van der Waals surface area contributed by atoms with Crippen LogP contribution in [0.2, 0.25) is 5.15 Å². The van der Waals surface area contributed by atoms with Crippen molar-refractivity contribution >= 4 is 23.2 Å². The molecular weight excluding hydrogens is 469 g/mol. The molecular formula is C24H20ClF3N4O2. The Hall–Kier alpha value is -3.30. The normalized spacial score (nSPS) is 17.4. The van der Waals surface area contributed by atoms with Crippen LogP contribution >= 0.6 is 11.6 Å². The predicted molar refractivity (Wildman–Crippen MR) is 121 cm³/mol. The highest BCUT2D eigenvalue weighted by atomic mass is 35.5. The van der Waals surface area contributed by atoms with Gasteiger partial charge in [0.1, 0.15) is 10.9 Å². The molecule has 1 amide bonds. The van der Waals surface area contributed by atoms with Crippen molar-refractivity contribution in [3.63, 3.8) is 0 Å². The summed E-state index contributed by atoms with van der Waals surface area (Å²) in [6.07, 6.45) is -1.94. The summed E-state index contributed by atoms with van der Waals surface area (Å²) in [7, 11) is 1.98. The van der Waals surface area contributed by atoms with Crippen LogP contribution in [0.5, 0.6) is 0 Å². The van der Waals surface area contributed by atoms with Gasteiger partial charge in [0, 0.05) is 31.4 Å². The number of pyridine rings is 1. The average molecular weight is 489 g/mol. The van der Waals surface area contributed by atoms with Gasteiger partial charge in [-0.3, -0.25) is 14.1 Å². The highest BCUT2D eigenvalue weighted by Crippen LogP contribution is 2.37. The summed E-state index contributed by atoms with van der Waals surface area (Å²) in [5.41, 5.74) is -0.411. The molecule has 1 saturated heterocycles. The van der Waals surface area contributed by atoms with E-state index in [2.05, 4.69) is 9.88 Å². The molecule has 10 heteroatoms. The first-order valence-electron chi connectivity index (χ1n) is 10.6. The Bertz CT molecular complexity index is 1340. The van der Waals surface area contributed by atoms with Gasteiger partial charge in [-0.05, 0) is 30.8 Å². The molecule has 4 aromatic rings. The lowest BCUT2D eigenvalue weighted by molar-refractivity contribution is -0.136. The second-order valence-electron chi connectivity index (χ2n) is 8.22. The van der Waals surface area contributed by atoms with Crippen molar-refractivity contribution < 1.29 is 22.4 Å². The van der Waals surface area contributed by atoms with Crippen molar-refractivity contribution in [3.05, 3.63) is 83.0 Å². The Morgan fingerprint density at radius 3 is 2.59 bits per heavy atom. The maximum absolute atomic E-state index is 13.9. The lowest BCUT2D eigenvalue weighted by Gasteiger charge is -2.39. The zero-order valence-electron chi connectivity index (χ0n) is 18.1. The van der Waals surface area contributed by atoms with Gasteiger partial charge in [0.25, 0.3) is 5.91 Å². The second kappa shape index (κ2) is 8.48. The number of alkyl halides is 3. The first kappa shape index (κ1) is 22.5. The first-order chi connectivity index (χ1) is 16.2. The summed E-state index contributed by atoms with van der Waals surface area (Å²) in [6, 6.07) is 13.8. The number of hydrogen-bond acceptors (Lipinski definition) is 4. The van der Waals surface area contributed by atoms with Gasteiger partial charge in [-0.25, -0.2) is 4.98 Å². The molecule has 1 aliphatic rings. The fraction of sp³-hybridized carbons (Fsp3) is 0.250. The molecule has 0 spiro atoms. The fourth-order valence-electron chi connectivity index (χ4n) is 4.28. The molecule has 0 bridgehead atoms. The van der Waals surface area contributed by atoms with E-state index in [9.17, 15) is 18.0 Å². The number of halogens is 4. The number of likely N-dealkylation sites (N-methyl/N-ethyl adjacent to an activating group) is 1. The summed E-state index contributed by atoms with van der Waals surface area (Å²) in [5, 5.41) is -0.172. The van der Waals surface area contributed by atoms with E-state index in [-0.39, 0.29) is 28.2 Å². The number of imidazole rings is 1. The minimum Gasteiger partial charge on any atom is -0.464 e. The third-order valence-electron chi connectivity index (χ3n) is 6.09. The number of carbonyl (C=O) groups excluding carboxylic acids is 1. The van der Waals surface area contributed by atoms with E-state index in [4.69, 9.17) is 16.0 Å². The summed E-state index contributed by atoms with van der Waals surface area (Å²) in [5.74, 6) is -0.259. The summed E-state index contributed by atoms with van der Waals surface area (Å²) < 4.78 is 48.0. The Morgan fingerprint density at radius 1 is 1.15 bits per heavy atom. The number of hydrogen-bond donors (Lipinski definition) is 0. The number of rotatable bonds is 3. The van der Waals surface area contributed by atoms with E-state index in [1.807, 2.05) is 37.4 Å². The van der Waals surface area contributed by atoms with E-state index in [0.29, 0.717) is 19.6 Å². The van der Waals surface area contributed by atoms with Gasteiger partial charge < -0.3 is 9.32 Å². The number of aromatic nitrogens is 2. The summed E-state index contributed by atoms with van der Waals surface area (Å²) in [4.78, 5) is 21.2. The summed E-state index contributed by atoms with van der Waals surface area (Å²) >= 11 is 6.45. The molecule has 1 fully saturated rings. The largest absolute Gasteiger partial charge is 0.464 e. The highest BCUT2D eigenvalue weighted by Gasteiger charge is 2.37. The molecule has 176 valence electrons. The number of fused-ring (bicyclic) bond motifs is 1. The van der Waals surface area contributed by atoms with Gasteiger partial charge in [0.05, 0.1) is 17.9 Å². The highest BCUT2D eigenvalue weighted by molar-refractivity contribution is 6.33. The molecule has 1 unspecified atom stereocenters. The molecule has 1 atom stereocenters. The molecule has 0 radical (unpaired) electrons. The van der Waals surface area contributed by atoms with Crippen molar-refractivity contribution in [2.75, 3.05) is 26.7 Å². The number of nitrogens with zero attached hydrogens (tertiary/aromatic N) is 4. The number of piperazine rings is 1. The minimum atomic E-state index is -4.70. The lowest BCUT2D eigenvalue weighted by Crippen LogP contribution is -2.49. The van der Waals surface area contributed by atoms with Crippen LogP contribution in [0.1, 0.15) is 27.7 Å². The van der Waals surface area contributed by atoms with Crippen molar-refractivity contribution in [1.82, 2.24) is 19.2 Å². The average Bonchev–Trinajstić information content (AvgIpc) is 3.47. The molecule has 5 rings (SSSR count). The predicted octanol–water partition coefficient (Wildman–Crippen LogP) is 5.40. The smallest absolute Gasteiger partial charge is 0.420 e. The molecule has 3 aromatic heterocycles. The van der Waals surface area contributed by atoms with Crippen LogP contribution in [0, 0.1) is 0 Å². The minimum absolute atomic E-state index is 0.0500. The Balaban J connectivity index is 1.55. The third kappa shape index (κ3) is 3.95. The Morgan fingerprint density at radius 2 is 1.91 bits per heavy atom. The van der Waals surface area contributed by atoms with Crippen LogP contribution in [-0.2, 0) is 6.18 Å². The molecule has 6 nitrogen and oxygen atoms in total. The van der Waals surface area contributed by atoms with Crippen LogP contribution in [0.4, 0.5) is 13.2 Å². The van der Waals surface area contributed by atoms with Crippen LogP contribution in [0.3, 0.4) is 0 Å². The standard InChI is InChI=1S/C24H20ClF3N4O2/c1-30-9-10-31(14-18(30)15-6-3-2-4-7-15)23(33)20-21(25)32-13-16(19-8-5-11-34-19)12-17(22(32)29-20)24(26,27)28/h2-8,11-13,18H,9-10,14H2,1H3. The lowest BCUT2D eigenvalue weighted by atomic mass is 10.0. The molecule has 0 saturated carbocycles. The maximum Gasteiger partial charge on any atom is 0.420 e. The Labute approximate surface area is 198 Å². The van der Waals surface area contributed by atoms with E-state index in [1.165, 1.54) is 12.5 Å². The van der Waals surface area contributed by atoms with Gasteiger partial charge in [-0.2, -0.15) is 13.2 Å². The molecule has 0 aliphatic carbocycles. The van der Waals surface area contributed by atoms with Gasteiger partial charge >= 0.3 is 6.18 Å². The number of benzene rings is 1. The van der Waals surface area contributed by atoms with Crippen molar-refractivity contribution in [2.24, 2.45) is 0 Å². The fourth-order valence-corrected chi connectivity index (χ4v) is 4.53. The zero-order valence-corrected chi connectivity index (χ0v) is 18.8. The molecule has 1 aromatic carbocycles. The third-order valence-corrected chi connectivity index (χ3v) is 6.46. The van der Waals surface area contributed by atoms with Crippen LogP contribution in [-0.4, -0.2) is 51.8 Å². The Kier molecular flexibility index (Phi) is 5.61. The summed E-state index contributed by atoms with van der Waals surface area (Å²) in [6.45, 7) is 1.38. The van der Waals surface area contributed by atoms with Crippen LogP contribution in [0.15, 0.2) is 65.4 Å². The van der Waals surface area contributed by atoms with E-state index < -0.39 is 23.3 Å². The quantitative estimate of drug-likeness (QED) is 0.388. The topological polar surface area (TPSA) is 54.0 Å². The molecule has 4 heterocycles.